The maximum absolute atomic E-state index is 12.5. The number of amides is 2. The summed E-state index contributed by atoms with van der Waals surface area (Å²) in [7, 11) is 0. The average molecular weight is 293 g/mol. The van der Waals surface area contributed by atoms with Gasteiger partial charge >= 0.3 is 6.09 Å². The first kappa shape index (κ1) is 13.9. The summed E-state index contributed by atoms with van der Waals surface area (Å²) in [6.07, 6.45) is 2.51. The van der Waals surface area contributed by atoms with E-state index in [0.717, 1.165) is 30.7 Å². The van der Waals surface area contributed by atoms with E-state index in [4.69, 9.17) is 9.26 Å². The van der Waals surface area contributed by atoms with E-state index >= 15 is 0 Å². The van der Waals surface area contributed by atoms with E-state index in [1.807, 2.05) is 17.9 Å². The number of ether oxygens (including phenoxy) is 1. The molecule has 0 unspecified atom stereocenters. The van der Waals surface area contributed by atoms with Gasteiger partial charge in [0.2, 0.25) is 5.91 Å². The van der Waals surface area contributed by atoms with Gasteiger partial charge in [-0.25, -0.2) is 4.79 Å². The van der Waals surface area contributed by atoms with Crippen molar-refractivity contribution in [2.75, 3.05) is 26.2 Å². The zero-order valence-electron chi connectivity index (χ0n) is 12.1. The first-order valence-electron chi connectivity index (χ1n) is 7.29. The van der Waals surface area contributed by atoms with Crippen molar-refractivity contribution in [1.29, 1.82) is 0 Å². The van der Waals surface area contributed by atoms with Crippen LogP contribution in [-0.2, 0) is 9.53 Å². The molecule has 0 saturated carbocycles. The van der Waals surface area contributed by atoms with Crippen LogP contribution in [-0.4, -0.2) is 53.2 Å². The fourth-order valence-corrected chi connectivity index (χ4v) is 2.90. The summed E-state index contributed by atoms with van der Waals surface area (Å²) in [5.74, 6) is 0.685. The second-order valence-electron chi connectivity index (χ2n) is 5.50. The van der Waals surface area contributed by atoms with E-state index in [1.54, 1.807) is 0 Å². The van der Waals surface area contributed by atoms with Crippen LogP contribution in [0.15, 0.2) is 10.6 Å². The molecule has 21 heavy (non-hydrogen) atoms. The molecule has 0 spiro atoms. The summed E-state index contributed by atoms with van der Waals surface area (Å²) in [5.41, 5.74) is 0.796. The molecule has 0 radical (unpaired) electrons. The third-order valence-electron chi connectivity index (χ3n) is 3.98. The van der Waals surface area contributed by atoms with Crippen LogP contribution in [0.2, 0.25) is 0 Å². The minimum Gasteiger partial charge on any atom is -0.448 e. The lowest BCUT2D eigenvalue weighted by Crippen LogP contribution is -2.44. The van der Waals surface area contributed by atoms with E-state index < -0.39 is 6.09 Å². The van der Waals surface area contributed by atoms with Crippen LogP contribution in [0.25, 0.3) is 0 Å². The van der Waals surface area contributed by atoms with Gasteiger partial charge in [0.25, 0.3) is 0 Å². The van der Waals surface area contributed by atoms with Crippen LogP contribution < -0.4 is 0 Å². The van der Waals surface area contributed by atoms with Crippen molar-refractivity contribution in [1.82, 2.24) is 15.0 Å². The Hall–Kier alpha value is -2.05. The van der Waals surface area contributed by atoms with Gasteiger partial charge in [-0.1, -0.05) is 5.16 Å². The lowest BCUT2D eigenvalue weighted by Gasteiger charge is -2.35. The first-order chi connectivity index (χ1) is 10.1. The monoisotopic (exact) mass is 293 g/mol. The minimum atomic E-state index is -0.408. The van der Waals surface area contributed by atoms with Crippen molar-refractivity contribution in [2.24, 2.45) is 0 Å². The molecular weight excluding hydrogens is 274 g/mol. The molecule has 1 aromatic rings. The smallest absolute Gasteiger partial charge is 0.410 e. The number of carbonyl (C=O) groups is 2. The molecule has 0 bridgehead atoms. The number of nitrogens with zero attached hydrogens (tertiary/aromatic N) is 3. The third kappa shape index (κ3) is 2.86. The van der Waals surface area contributed by atoms with Crippen LogP contribution >= 0.6 is 0 Å². The van der Waals surface area contributed by atoms with Crippen LogP contribution in [0.1, 0.15) is 36.8 Å². The van der Waals surface area contributed by atoms with Gasteiger partial charge in [0.05, 0.1) is 12.6 Å². The summed E-state index contributed by atoms with van der Waals surface area (Å²) < 4.78 is 9.98. The number of hydrogen-bond donors (Lipinski definition) is 0. The van der Waals surface area contributed by atoms with Gasteiger partial charge in [0.15, 0.2) is 0 Å². The van der Waals surface area contributed by atoms with Gasteiger partial charge in [-0.15, -0.1) is 0 Å². The van der Waals surface area contributed by atoms with Gasteiger partial charge in [0, 0.05) is 12.6 Å². The highest BCUT2D eigenvalue weighted by atomic mass is 16.6. The van der Waals surface area contributed by atoms with E-state index in [-0.39, 0.29) is 18.5 Å². The molecule has 2 saturated heterocycles. The third-order valence-corrected chi connectivity index (χ3v) is 3.98. The molecule has 114 valence electrons. The second-order valence-corrected chi connectivity index (χ2v) is 5.50. The maximum atomic E-state index is 12.5. The number of hydrogen-bond acceptors (Lipinski definition) is 5. The molecule has 2 amide bonds. The Morgan fingerprint density at radius 3 is 2.95 bits per heavy atom. The van der Waals surface area contributed by atoms with Crippen LogP contribution in [0.5, 0.6) is 0 Å². The summed E-state index contributed by atoms with van der Waals surface area (Å²) in [5, 5.41) is 4.04. The number of aryl methyl sites for hydroxylation is 1. The highest BCUT2D eigenvalue weighted by Crippen LogP contribution is 2.30. The average Bonchev–Trinajstić information content (AvgIpc) is 3.08. The Kier molecular flexibility index (Phi) is 3.81. The number of carbonyl (C=O) groups excluding carboxylic acids is 2. The van der Waals surface area contributed by atoms with Crippen molar-refractivity contribution in [3.8, 4) is 0 Å². The lowest BCUT2D eigenvalue weighted by molar-refractivity contribution is -0.135. The highest BCUT2D eigenvalue weighted by molar-refractivity contribution is 5.83. The van der Waals surface area contributed by atoms with Crippen molar-refractivity contribution in [2.45, 2.75) is 32.2 Å². The molecule has 2 aliphatic rings. The Bertz CT molecular complexity index is 542. The number of likely N-dealkylation sites (tertiary alicyclic amines) is 1. The predicted octanol–water partition coefficient (Wildman–Crippen LogP) is 1.49. The molecule has 3 rings (SSSR count). The number of cyclic esters (lactones) is 1. The van der Waals surface area contributed by atoms with Gasteiger partial charge in [0.1, 0.15) is 24.6 Å². The molecule has 1 aromatic heterocycles. The van der Waals surface area contributed by atoms with Crippen molar-refractivity contribution >= 4 is 12.0 Å². The van der Waals surface area contributed by atoms with Crippen molar-refractivity contribution in [3.05, 3.63) is 17.5 Å². The van der Waals surface area contributed by atoms with E-state index in [2.05, 4.69) is 5.16 Å². The Labute approximate surface area is 122 Å². The molecule has 1 atom stereocenters. The van der Waals surface area contributed by atoms with Crippen LogP contribution in [0.4, 0.5) is 4.79 Å². The summed E-state index contributed by atoms with van der Waals surface area (Å²) in [6.45, 7) is 3.44. The SMILES string of the molecule is Cc1cc([C@H]2CCCCN2C(=O)CN2CCOC2=O)no1. The normalized spacial score (nSPS) is 22.5. The number of aromatic nitrogens is 1. The Balaban J connectivity index is 1.71. The molecule has 7 heteroatoms. The fourth-order valence-electron chi connectivity index (χ4n) is 2.90. The van der Waals surface area contributed by atoms with Gasteiger partial charge in [-0.2, -0.15) is 0 Å². The topological polar surface area (TPSA) is 75.9 Å². The standard InChI is InChI=1S/C14H19N3O4/c1-10-8-11(15-21-10)12-4-2-3-5-17(12)13(18)9-16-6-7-20-14(16)19/h8,12H,2-7,9H2,1H3/t12-/m1/s1. The van der Waals surface area contributed by atoms with Gasteiger partial charge in [-0.05, 0) is 26.2 Å². The Morgan fingerprint density at radius 1 is 1.43 bits per heavy atom. The van der Waals surface area contributed by atoms with Crippen LogP contribution in [0.3, 0.4) is 0 Å². The molecular formula is C14H19N3O4. The second kappa shape index (κ2) is 5.75. The van der Waals surface area contributed by atoms with Crippen molar-refractivity contribution in [3.63, 3.8) is 0 Å². The predicted molar refractivity (Wildman–Crippen MR) is 72.5 cm³/mol. The fraction of sp³-hybridized carbons (Fsp3) is 0.643. The summed E-state index contributed by atoms with van der Waals surface area (Å²) in [6, 6.07) is 1.82. The van der Waals surface area contributed by atoms with E-state index in [0.29, 0.717) is 19.7 Å². The largest absolute Gasteiger partial charge is 0.448 e. The molecule has 2 fully saturated rings. The minimum absolute atomic E-state index is 0.0534. The summed E-state index contributed by atoms with van der Waals surface area (Å²) in [4.78, 5) is 27.2. The van der Waals surface area contributed by atoms with Gasteiger partial charge < -0.3 is 14.2 Å². The van der Waals surface area contributed by atoms with Gasteiger partial charge in [-0.3, -0.25) is 9.69 Å². The van der Waals surface area contributed by atoms with Crippen LogP contribution in [0, 0.1) is 6.92 Å². The lowest BCUT2D eigenvalue weighted by atomic mass is 9.99. The molecule has 0 N–H and O–H groups in total. The van der Waals surface area contributed by atoms with E-state index in [9.17, 15) is 9.59 Å². The molecule has 0 aliphatic carbocycles. The summed E-state index contributed by atoms with van der Waals surface area (Å²) >= 11 is 0. The van der Waals surface area contributed by atoms with E-state index in [1.165, 1.54) is 4.90 Å². The molecule has 7 nitrogen and oxygen atoms in total. The molecule has 3 heterocycles. The number of rotatable bonds is 3. The first-order valence-corrected chi connectivity index (χ1v) is 7.29. The zero-order chi connectivity index (χ0) is 14.8. The number of piperidine rings is 1. The highest BCUT2D eigenvalue weighted by Gasteiger charge is 2.33. The quantitative estimate of drug-likeness (QED) is 0.844. The molecule has 2 aliphatic heterocycles. The maximum Gasteiger partial charge on any atom is 0.410 e. The zero-order valence-corrected chi connectivity index (χ0v) is 12.1. The molecule has 0 aromatic carbocycles. The van der Waals surface area contributed by atoms with Crippen molar-refractivity contribution < 1.29 is 18.8 Å². The Morgan fingerprint density at radius 2 is 2.29 bits per heavy atom.